The van der Waals surface area contributed by atoms with Gasteiger partial charge in [-0.1, -0.05) is 42.3 Å². The fourth-order valence-electron chi connectivity index (χ4n) is 4.74. The zero-order valence-corrected chi connectivity index (χ0v) is 19.8. The largest absolute Gasteiger partial charge is 0.430 e. The molecule has 37 heavy (non-hydrogen) atoms. The number of hydrogen-bond acceptors (Lipinski definition) is 5. The summed E-state index contributed by atoms with van der Waals surface area (Å²) in [6.45, 7) is -1.18. The fraction of sp³-hybridized carbons (Fsp3) is 0.375. The van der Waals surface area contributed by atoms with Gasteiger partial charge >= 0.3 is 12.4 Å². The Labute approximate surface area is 207 Å². The Balaban J connectivity index is 1.80. The highest BCUT2D eigenvalue weighted by Crippen LogP contribution is 2.54. The van der Waals surface area contributed by atoms with E-state index >= 15 is 0 Å². The highest BCUT2D eigenvalue weighted by Gasteiger charge is 2.73. The van der Waals surface area contributed by atoms with Gasteiger partial charge in [0.05, 0.1) is 11.1 Å². The van der Waals surface area contributed by atoms with E-state index in [-0.39, 0.29) is 29.1 Å². The van der Waals surface area contributed by atoms with Crippen LogP contribution in [-0.2, 0) is 31.5 Å². The second kappa shape index (κ2) is 9.43. The summed E-state index contributed by atoms with van der Waals surface area (Å²) in [4.78, 5) is -0.199. The van der Waals surface area contributed by atoms with Crippen LogP contribution in [0.4, 0.5) is 30.7 Å². The molecule has 0 spiro atoms. The van der Waals surface area contributed by atoms with Gasteiger partial charge in [0.25, 0.3) is 5.60 Å². The van der Waals surface area contributed by atoms with E-state index in [1.165, 1.54) is 0 Å². The zero-order valence-electron chi connectivity index (χ0n) is 18.9. The molecule has 0 unspecified atom stereocenters. The normalized spacial score (nSPS) is 16.7. The SMILES string of the molecule is O=S(=O)(c1ccc(F)cc1)C1(c2ccc(C(OCc3ccno3)(C(F)(F)F)C(F)(F)F)cc2)CCCC1. The average molecular weight is 551 g/mol. The molecule has 2 aromatic carbocycles. The minimum absolute atomic E-state index is 0.0339. The molecular weight excluding hydrogens is 531 g/mol. The van der Waals surface area contributed by atoms with Crippen molar-refractivity contribution in [3.8, 4) is 0 Å². The van der Waals surface area contributed by atoms with Gasteiger partial charge in [-0.25, -0.2) is 12.8 Å². The van der Waals surface area contributed by atoms with E-state index in [9.17, 15) is 39.2 Å². The third kappa shape index (κ3) is 4.52. The third-order valence-corrected chi connectivity index (χ3v) is 9.15. The molecule has 1 aliphatic carbocycles. The van der Waals surface area contributed by atoms with Crippen molar-refractivity contribution in [1.82, 2.24) is 5.16 Å². The molecule has 1 aliphatic rings. The second-order valence-corrected chi connectivity index (χ2v) is 10.9. The Morgan fingerprint density at radius 1 is 0.865 bits per heavy atom. The topological polar surface area (TPSA) is 69.4 Å². The van der Waals surface area contributed by atoms with Crippen molar-refractivity contribution < 1.29 is 48.4 Å². The van der Waals surface area contributed by atoms with Crippen LogP contribution in [0, 0.1) is 5.82 Å². The molecule has 1 fully saturated rings. The van der Waals surface area contributed by atoms with Crippen LogP contribution in [-0.4, -0.2) is 25.9 Å². The van der Waals surface area contributed by atoms with Crippen molar-refractivity contribution >= 4 is 9.84 Å². The van der Waals surface area contributed by atoms with Gasteiger partial charge in [-0.3, -0.25) is 0 Å². The summed E-state index contributed by atoms with van der Waals surface area (Å²) in [5.41, 5.74) is -5.96. The standard InChI is InChI=1S/C24H20F7NO4S/c25-18-7-9-20(10-8-18)37(33,34)21(12-1-2-13-21)16-3-5-17(6-4-16)22(23(26,27)28,24(29,30)31)35-15-19-11-14-32-36-19/h3-11,14H,1-2,12-13,15H2. The van der Waals surface area contributed by atoms with Crippen molar-refractivity contribution in [2.75, 3.05) is 0 Å². The van der Waals surface area contributed by atoms with Crippen molar-refractivity contribution in [3.63, 3.8) is 0 Å². The summed E-state index contributed by atoms with van der Waals surface area (Å²) in [6, 6.07) is 8.21. The van der Waals surface area contributed by atoms with Crippen molar-refractivity contribution in [1.29, 1.82) is 0 Å². The minimum atomic E-state index is -5.93. The second-order valence-electron chi connectivity index (χ2n) is 8.68. The van der Waals surface area contributed by atoms with Gasteiger partial charge in [-0.15, -0.1) is 0 Å². The van der Waals surface area contributed by atoms with Gasteiger partial charge in [0.1, 0.15) is 17.2 Å². The van der Waals surface area contributed by atoms with Gasteiger partial charge in [-0.05, 0) is 42.7 Å². The summed E-state index contributed by atoms with van der Waals surface area (Å²) in [7, 11) is -4.18. The number of hydrogen-bond donors (Lipinski definition) is 0. The van der Waals surface area contributed by atoms with E-state index in [1.54, 1.807) is 0 Å². The summed E-state index contributed by atoms with van der Waals surface area (Å²) >= 11 is 0. The summed E-state index contributed by atoms with van der Waals surface area (Å²) in [5.74, 6) is -1.02. The number of sulfone groups is 1. The molecule has 1 saturated carbocycles. The van der Waals surface area contributed by atoms with E-state index < -0.39 is 50.5 Å². The number of halogens is 7. The molecule has 0 amide bonds. The minimum Gasteiger partial charge on any atom is -0.359 e. The van der Waals surface area contributed by atoms with Crippen LogP contribution in [0.2, 0.25) is 0 Å². The Bertz CT molecular complexity index is 1300. The van der Waals surface area contributed by atoms with Gasteiger partial charge in [0.2, 0.25) is 0 Å². The Hall–Kier alpha value is -2.93. The lowest BCUT2D eigenvalue weighted by Gasteiger charge is -2.37. The first kappa shape index (κ1) is 27.1. The molecule has 200 valence electrons. The van der Waals surface area contributed by atoms with Crippen molar-refractivity contribution in [3.05, 3.63) is 83.5 Å². The molecule has 3 aromatic rings. The number of nitrogens with zero attached hydrogens (tertiary/aromatic N) is 1. The number of aromatic nitrogens is 1. The van der Waals surface area contributed by atoms with Crippen LogP contribution in [0.25, 0.3) is 0 Å². The van der Waals surface area contributed by atoms with Gasteiger partial charge in [-0.2, -0.15) is 26.3 Å². The maximum Gasteiger partial charge on any atom is 0.430 e. The van der Waals surface area contributed by atoms with Crippen LogP contribution < -0.4 is 0 Å². The molecule has 0 atom stereocenters. The van der Waals surface area contributed by atoms with E-state index in [0.29, 0.717) is 25.0 Å². The highest BCUT2D eigenvalue weighted by atomic mass is 32.2. The van der Waals surface area contributed by atoms with E-state index in [2.05, 4.69) is 14.4 Å². The number of benzene rings is 2. The van der Waals surface area contributed by atoms with E-state index in [1.807, 2.05) is 0 Å². The van der Waals surface area contributed by atoms with Gasteiger partial charge in [0.15, 0.2) is 15.6 Å². The van der Waals surface area contributed by atoms with E-state index in [4.69, 9.17) is 0 Å². The van der Waals surface area contributed by atoms with Crippen LogP contribution in [0.3, 0.4) is 0 Å². The lowest BCUT2D eigenvalue weighted by atomic mass is 9.88. The smallest absolute Gasteiger partial charge is 0.359 e. The van der Waals surface area contributed by atoms with Gasteiger partial charge in [0, 0.05) is 11.6 Å². The molecule has 0 bridgehead atoms. The zero-order chi connectivity index (χ0) is 27.1. The Morgan fingerprint density at radius 2 is 1.43 bits per heavy atom. The maximum absolute atomic E-state index is 14.1. The molecular formula is C24H20F7NO4S. The Kier molecular flexibility index (Phi) is 6.91. The molecule has 13 heteroatoms. The van der Waals surface area contributed by atoms with Crippen LogP contribution >= 0.6 is 0 Å². The molecule has 4 rings (SSSR count). The van der Waals surface area contributed by atoms with E-state index in [0.717, 1.165) is 48.7 Å². The van der Waals surface area contributed by atoms with Gasteiger partial charge < -0.3 is 9.26 Å². The number of ether oxygens (including phenoxy) is 1. The van der Waals surface area contributed by atoms with Crippen LogP contribution in [0.1, 0.15) is 42.6 Å². The molecule has 0 radical (unpaired) electrons. The summed E-state index contributed by atoms with van der Waals surface area (Å²) in [6.07, 6.45) is -9.69. The molecule has 1 heterocycles. The lowest BCUT2D eigenvalue weighted by molar-refractivity contribution is -0.393. The highest BCUT2D eigenvalue weighted by molar-refractivity contribution is 7.92. The quantitative estimate of drug-likeness (QED) is 0.245. The fourth-order valence-corrected chi connectivity index (χ4v) is 6.96. The molecule has 5 nitrogen and oxygen atoms in total. The molecule has 0 N–H and O–H groups in total. The van der Waals surface area contributed by atoms with Crippen molar-refractivity contribution in [2.45, 2.75) is 59.9 Å². The van der Waals surface area contributed by atoms with Crippen molar-refractivity contribution in [2.24, 2.45) is 0 Å². The first-order valence-electron chi connectivity index (χ1n) is 11.0. The van der Waals surface area contributed by atoms with Crippen LogP contribution in [0.5, 0.6) is 0 Å². The number of rotatable bonds is 7. The van der Waals surface area contributed by atoms with Crippen LogP contribution in [0.15, 0.2) is 70.2 Å². The Morgan fingerprint density at radius 3 is 1.92 bits per heavy atom. The first-order valence-corrected chi connectivity index (χ1v) is 12.5. The third-order valence-electron chi connectivity index (χ3n) is 6.59. The lowest BCUT2D eigenvalue weighted by Crippen LogP contribution is -2.55. The number of alkyl halides is 6. The summed E-state index contributed by atoms with van der Waals surface area (Å²) in [5, 5.41) is 3.24. The molecule has 1 aromatic heterocycles. The maximum atomic E-state index is 14.1. The first-order chi connectivity index (χ1) is 17.2. The predicted molar refractivity (Wildman–Crippen MR) is 115 cm³/mol. The monoisotopic (exact) mass is 551 g/mol. The summed E-state index contributed by atoms with van der Waals surface area (Å²) < 4.78 is 133. The molecule has 0 saturated heterocycles. The molecule has 0 aliphatic heterocycles. The average Bonchev–Trinajstić information content (AvgIpc) is 3.52. The predicted octanol–water partition coefficient (Wildman–Crippen LogP) is 6.59.